The van der Waals surface area contributed by atoms with Gasteiger partial charge in [-0.2, -0.15) is 11.8 Å². The van der Waals surface area contributed by atoms with Crippen LogP contribution < -0.4 is 10.6 Å². The van der Waals surface area contributed by atoms with Crippen molar-refractivity contribution in [1.29, 1.82) is 0 Å². The van der Waals surface area contributed by atoms with E-state index in [2.05, 4.69) is 46.3 Å². The lowest BCUT2D eigenvalue weighted by molar-refractivity contribution is 0.562. The van der Waals surface area contributed by atoms with Crippen LogP contribution >= 0.6 is 47.1 Å². The molecule has 1 rings (SSSR count). The van der Waals surface area contributed by atoms with E-state index in [0.717, 1.165) is 25.5 Å². The molecular weight excluding hydrogens is 401 g/mol. The van der Waals surface area contributed by atoms with E-state index in [4.69, 9.17) is 0 Å². The first-order valence-electron chi connectivity index (χ1n) is 6.72. The van der Waals surface area contributed by atoms with Crippen molar-refractivity contribution in [3.63, 3.8) is 0 Å². The number of hydrogen-bond donors (Lipinski definition) is 2. The minimum Gasteiger partial charge on any atom is -0.356 e. The van der Waals surface area contributed by atoms with Gasteiger partial charge in [0, 0.05) is 25.0 Å². The van der Waals surface area contributed by atoms with Gasteiger partial charge >= 0.3 is 0 Å². The molecule has 6 heteroatoms. The van der Waals surface area contributed by atoms with Gasteiger partial charge in [0.05, 0.1) is 0 Å². The lowest BCUT2D eigenvalue weighted by Crippen LogP contribution is -2.40. The molecule has 1 atom stereocenters. The zero-order chi connectivity index (χ0) is 13.9. The summed E-state index contributed by atoms with van der Waals surface area (Å²) >= 11 is 3.72. The van der Waals surface area contributed by atoms with Gasteiger partial charge in [-0.15, -0.1) is 35.3 Å². The molecule has 2 N–H and O–H groups in total. The predicted molar refractivity (Wildman–Crippen MR) is 105 cm³/mol. The first kappa shape index (κ1) is 20.1. The van der Waals surface area contributed by atoms with Crippen LogP contribution in [0.2, 0.25) is 0 Å². The summed E-state index contributed by atoms with van der Waals surface area (Å²) in [6.45, 7) is 4.22. The monoisotopic (exact) mass is 427 g/mol. The summed E-state index contributed by atoms with van der Waals surface area (Å²) in [6, 6.07) is 4.32. The largest absolute Gasteiger partial charge is 0.356 e. The van der Waals surface area contributed by atoms with E-state index in [-0.39, 0.29) is 24.0 Å². The maximum atomic E-state index is 4.24. The second-order valence-corrected chi connectivity index (χ2v) is 6.63. The van der Waals surface area contributed by atoms with Gasteiger partial charge in [-0.05, 0) is 42.2 Å². The van der Waals surface area contributed by atoms with Gasteiger partial charge < -0.3 is 10.6 Å². The fourth-order valence-corrected chi connectivity index (χ4v) is 3.06. The lowest BCUT2D eigenvalue weighted by atomic mass is 10.1. The fraction of sp³-hybridized carbons (Fsp3) is 0.643. The first-order chi connectivity index (χ1) is 9.26. The van der Waals surface area contributed by atoms with E-state index < -0.39 is 0 Å². The fourth-order valence-electron chi connectivity index (χ4n) is 1.76. The molecule has 116 valence electrons. The average Bonchev–Trinajstić information content (AvgIpc) is 2.91. The highest BCUT2D eigenvalue weighted by Crippen LogP contribution is 2.13. The summed E-state index contributed by atoms with van der Waals surface area (Å²) in [7, 11) is 1.83. The Morgan fingerprint density at radius 3 is 2.85 bits per heavy atom. The van der Waals surface area contributed by atoms with E-state index in [1.807, 2.05) is 30.1 Å². The molecule has 20 heavy (non-hydrogen) atoms. The Kier molecular flexibility index (Phi) is 12.8. The Hall–Kier alpha value is 0.0500. The summed E-state index contributed by atoms with van der Waals surface area (Å²) in [5.74, 6) is 2.72. The Morgan fingerprint density at radius 2 is 2.25 bits per heavy atom. The van der Waals surface area contributed by atoms with Crippen molar-refractivity contribution in [2.75, 3.05) is 32.1 Å². The van der Waals surface area contributed by atoms with E-state index in [1.165, 1.54) is 17.1 Å². The van der Waals surface area contributed by atoms with Crippen LogP contribution in [0.25, 0.3) is 0 Å². The van der Waals surface area contributed by atoms with Crippen LogP contribution in [0.3, 0.4) is 0 Å². The zero-order valence-corrected chi connectivity index (χ0v) is 16.5. The van der Waals surface area contributed by atoms with Crippen molar-refractivity contribution in [2.45, 2.75) is 19.8 Å². The van der Waals surface area contributed by atoms with Gasteiger partial charge in [-0.25, -0.2) is 0 Å². The molecular formula is C14H26IN3S2. The molecule has 0 amide bonds. The molecule has 0 saturated carbocycles. The summed E-state index contributed by atoms with van der Waals surface area (Å²) < 4.78 is 0. The smallest absolute Gasteiger partial charge is 0.190 e. The lowest BCUT2D eigenvalue weighted by Gasteiger charge is -2.15. The first-order valence-corrected chi connectivity index (χ1v) is 8.99. The molecule has 0 aromatic carbocycles. The second kappa shape index (κ2) is 12.8. The third kappa shape index (κ3) is 9.07. The SMILES string of the molecule is CN=C(NCCCSC)NCC(C)Cc1cccs1.I. The van der Waals surface area contributed by atoms with Crippen molar-refractivity contribution < 1.29 is 0 Å². The molecule has 1 heterocycles. The molecule has 1 aromatic heterocycles. The van der Waals surface area contributed by atoms with Crippen molar-refractivity contribution in [2.24, 2.45) is 10.9 Å². The van der Waals surface area contributed by atoms with Crippen LogP contribution in [-0.2, 0) is 6.42 Å². The second-order valence-electron chi connectivity index (χ2n) is 4.61. The Bertz CT molecular complexity index is 355. The zero-order valence-electron chi connectivity index (χ0n) is 12.5. The summed E-state index contributed by atoms with van der Waals surface area (Å²) in [6.07, 6.45) is 4.44. The van der Waals surface area contributed by atoms with Crippen molar-refractivity contribution in [3.05, 3.63) is 22.4 Å². The molecule has 0 saturated heterocycles. The number of aliphatic imine (C=N–C) groups is 1. The van der Waals surface area contributed by atoms with E-state index >= 15 is 0 Å². The van der Waals surface area contributed by atoms with E-state index in [9.17, 15) is 0 Å². The maximum absolute atomic E-state index is 4.24. The number of thioether (sulfide) groups is 1. The average molecular weight is 427 g/mol. The topological polar surface area (TPSA) is 36.4 Å². The number of rotatable bonds is 8. The highest BCUT2D eigenvalue weighted by atomic mass is 127. The molecule has 0 fully saturated rings. The van der Waals surface area contributed by atoms with Gasteiger partial charge in [0.15, 0.2) is 5.96 Å². The van der Waals surface area contributed by atoms with Crippen LogP contribution in [0.4, 0.5) is 0 Å². The summed E-state index contributed by atoms with van der Waals surface area (Å²) in [5, 5.41) is 8.88. The number of nitrogens with zero attached hydrogens (tertiary/aromatic N) is 1. The minimum absolute atomic E-state index is 0. The highest BCUT2D eigenvalue weighted by molar-refractivity contribution is 14.0. The standard InChI is InChI=1S/C14H25N3S2.HI/c1-12(10-13-6-4-9-19-13)11-17-14(15-2)16-7-5-8-18-3;/h4,6,9,12H,5,7-8,10-11H2,1-3H3,(H2,15,16,17);1H. The van der Waals surface area contributed by atoms with Crippen LogP contribution in [0.1, 0.15) is 18.2 Å². The summed E-state index contributed by atoms with van der Waals surface area (Å²) in [4.78, 5) is 5.70. The van der Waals surface area contributed by atoms with Crippen LogP contribution in [-0.4, -0.2) is 38.1 Å². The molecule has 0 aliphatic heterocycles. The van der Waals surface area contributed by atoms with E-state index in [0.29, 0.717) is 5.92 Å². The Labute approximate surface area is 148 Å². The highest BCUT2D eigenvalue weighted by Gasteiger charge is 2.05. The van der Waals surface area contributed by atoms with E-state index in [1.54, 1.807) is 0 Å². The van der Waals surface area contributed by atoms with Gasteiger partial charge in [-0.3, -0.25) is 4.99 Å². The Morgan fingerprint density at radius 1 is 1.45 bits per heavy atom. The summed E-state index contributed by atoms with van der Waals surface area (Å²) in [5.41, 5.74) is 0. The van der Waals surface area contributed by atoms with Gasteiger partial charge in [0.25, 0.3) is 0 Å². The molecule has 0 aliphatic rings. The third-order valence-corrected chi connectivity index (χ3v) is 4.38. The predicted octanol–water partition coefficient (Wildman–Crippen LogP) is 3.46. The van der Waals surface area contributed by atoms with Crippen LogP contribution in [0, 0.1) is 5.92 Å². The molecule has 0 radical (unpaired) electrons. The van der Waals surface area contributed by atoms with Gasteiger partial charge in [0.1, 0.15) is 0 Å². The number of nitrogens with one attached hydrogen (secondary N) is 2. The molecule has 1 aromatic rings. The van der Waals surface area contributed by atoms with Crippen LogP contribution in [0.15, 0.2) is 22.5 Å². The number of hydrogen-bond acceptors (Lipinski definition) is 3. The number of halogens is 1. The maximum Gasteiger partial charge on any atom is 0.190 e. The Balaban J connectivity index is 0.00000361. The third-order valence-electron chi connectivity index (χ3n) is 2.79. The molecule has 0 bridgehead atoms. The molecule has 1 unspecified atom stereocenters. The normalized spacial score (nSPS) is 12.7. The van der Waals surface area contributed by atoms with Crippen molar-refractivity contribution >= 4 is 53.0 Å². The minimum atomic E-state index is 0. The number of thiophene rings is 1. The molecule has 0 spiro atoms. The molecule has 0 aliphatic carbocycles. The number of guanidine groups is 1. The van der Waals surface area contributed by atoms with Crippen molar-refractivity contribution in [1.82, 2.24) is 10.6 Å². The van der Waals surface area contributed by atoms with Crippen LogP contribution in [0.5, 0.6) is 0 Å². The quantitative estimate of drug-likeness (QED) is 0.289. The molecule has 3 nitrogen and oxygen atoms in total. The van der Waals surface area contributed by atoms with Crippen molar-refractivity contribution in [3.8, 4) is 0 Å². The van der Waals surface area contributed by atoms with Gasteiger partial charge in [0.2, 0.25) is 0 Å². The van der Waals surface area contributed by atoms with Gasteiger partial charge in [-0.1, -0.05) is 13.0 Å².